The molecule has 1 heterocycles. The highest BCUT2D eigenvalue weighted by Gasteiger charge is 2.25. The smallest absolute Gasteiger partial charge is 0.200 e. The standard InChI is InChI=1S/C16H11BrO3S/c1-20-12-8-10(17)6-9(15(12)18)7-14-16(19)11-4-2-3-5-13(11)21-14/h2-8,18H,1H3/b14-7+. The molecular weight excluding hydrogens is 352 g/mol. The van der Waals surface area contributed by atoms with Crippen LogP contribution in [0, 0.1) is 0 Å². The summed E-state index contributed by atoms with van der Waals surface area (Å²) in [6, 6.07) is 10.9. The summed E-state index contributed by atoms with van der Waals surface area (Å²) in [7, 11) is 1.49. The first-order chi connectivity index (χ1) is 10.1. The Kier molecular flexibility index (Phi) is 3.78. The molecule has 0 saturated carbocycles. The van der Waals surface area contributed by atoms with Gasteiger partial charge in [-0.2, -0.15) is 0 Å². The summed E-state index contributed by atoms with van der Waals surface area (Å²) in [5.74, 6) is 0.371. The number of thioether (sulfide) groups is 1. The molecule has 0 bridgehead atoms. The molecule has 21 heavy (non-hydrogen) atoms. The van der Waals surface area contributed by atoms with E-state index < -0.39 is 0 Å². The maximum absolute atomic E-state index is 12.3. The summed E-state index contributed by atoms with van der Waals surface area (Å²) in [4.78, 5) is 13.9. The maximum Gasteiger partial charge on any atom is 0.200 e. The molecule has 2 aromatic rings. The third kappa shape index (κ3) is 2.59. The van der Waals surface area contributed by atoms with E-state index in [1.165, 1.54) is 18.9 Å². The van der Waals surface area contributed by atoms with E-state index in [9.17, 15) is 9.90 Å². The second-order valence-corrected chi connectivity index (χ2v) is 6.48. The van der Waals surface area contributed by atoms with Crippen LogP contribution in [-0.2, 0) is 0 Å². The number of hydrogen-bond donors (Lipinski definition) is 1. The number of carbonyl (C=O) groups excluding carboxylic acids is 1. The summed E-state index contributed by atoms with van der Waals surface area (Å²) in [6.07, 6.45) is 1.69. The number of allylic oxidation sites excluding steroid dienone is 1. The Hall–Kier alpha value is -1.72. The number of phenolic OH excluding ortho intramolecular Hbond substituents is 1. The van der Waals surface area contributed by atoms with Gasteiger partial charge in [0.1, 0.15) is 0 Å². The van der Waals surface area contributed by atoms with Crippen molar-refractivity contribution in [3.05, 3.63) is 56.9 Å². The normalized spacial score (nSPS) is 15.3. The molecular formula is C16H11BrO3S. The van der Waals surface area contributed by atoms with Crippen molar-refractivity contribution in [2.45, 2.75) is 4.90 Å². The summed E-state index contributed by atoms with van der Waals surface area (Å²) >= 11 is 4.78. The highest BCUT2D eigenvalue weighted by molar-refractivity contribution is 9.10. The van der Waals surface area contributed by atoms with Gasteiger partial charge in [-0.15, -0.1) is 0 Å². The molecule has 1 aliphatic rings. The van der Waals surface area contributed by atoms with Crippen LogP contribution >= 0.6 is 27.7 Å². The number of carbonyl (C=O) groups is 1. The average molecular weight is 363 g/mol. The summed E-state index contributed by atoms with van der Waals surface area (Å²) in [5, 5.41) is 10.2. The van der Waals surface area contributed by atoms with Gasteiger partial charge in [-0.1, -0.05) is 39.8 Å². The Morgan fingerprint density at radius 1 is 1.29 bits per heavy atom. The number of aromatic hydroxyl groups is 1. The fourth-order valence-corrected chi connectivity index (χ4v) is 3.63. The number of fused-ring (bicyclic) bond motifs is 1. The maximum atomic E-state index is 12.3. The van der Waals surface area contributed by atoms with Gasteiger partial charge in [0.05, 0.1) is 12.0 Å². The van der Waals surface area contributed by atoms with E-state index in [0.29, 0.717) is 21.8 Å². The van der Waals surface area contributed by atoms with Crippen LogP contribution < -0.4 is 4.74 Å². The molecule has 0 aliphatic carbocycles. The Bertz CT molecular complexity index is 768. The van der Waals surface area contributed by atoms with Gasteiger partial charge < -0.3 is 9.84 Å². The number of benzene rings is 2. The van der Waals surface area contributed by atoms with Crippen LogP contribution in [0.3, 0.4) is 0 Å². The quantitative estimate of drug-likeness (QED) is 0.799. The van der Waals surface area contributed by atoms with E-state index >= 15 is 0 Å². The number of methoxy groups -OCH3 is 1. The van der Waals surface area contributed by atoms with Crippen molar-refractivity contribution in [3.63, 3.8) is 0 Å². The second-order valence-electron chi connectivity index (χ2n) is 4.48. The van der Waals surface area contributed by atoms with Crippen LogP contribution in [0.5, 0.6) is 11.5 Å². The van der Waals surface area contributed by atoms with E-state index in [4.69, 9.17) is 4.74 Å². The van der Waals surface area contributed by atoms with Crippen molar-refractivity contribution >= 4 is 39.6 Å². The third-order valence-electron chi connectivity index (χ3n) is 3.15. The minimum atomic E-state index is -0.0195. The van der Waals surface area contributed by atoms with Crippen LogP contribution in [0.1, 0.15) is 15.9 Å². The highest BCUT2D eigenvalue weighted by Crippen LogP contribution is 2.42. The largest absolute Gasteiger partial charge is 0.504 e. The van der Waals surface area contributed by atoms with Gasteiger partial charge in [0.2, 0.25) is 5.78 Å². The summed E-state index contributed by atoms with van der Waals surface area (Å²) in [6.45, 7) is 0. The minimum absolute atomic E-state index is 0.0195. The topological polar surface area (TPSA) is 46.5 Å². The highest BCUT2D eigenvalue weighted by atomic mass is 79.9. The molecule has 0 spiro atoms. The van der Waals surface area contributed by atoms with Crippen molar-refractivity contribution in [1.29, 1.82) is 0 Å². The predicted molar refractivity (Wildman–Crippen MR) is 87.0 cm³/mol. The second kappa shape index (κ2) is 5.58. The third-order valence-corrected chi connectivity index (χ3v) is 4.71. The molecule has 0 saturated heterocycles. The lowest BCUT2D eigenvalue weighted by atomic mass is 10.1. The van der Waals surface area contributed by atoms with Crippen molar-refractivity contribution in [2.75, 3.05) is 7.11 Å². The molecule has 0 radical (unpaired) electrons. The zero-order valence-electron chi connectivity index (χ0n) is 11.1. The fourth-order valence-electron chi connectivity index (χ4n) is 2.14. The Morgan fingerprint density at radius 3 is 2.76 bits per heavy atom. The first-order valence-corrected chi connectivity index (χ1v) is 7.81. The first kappa shape index (κ1) is 14.2. The molecule has 0 atom stereocenters. The number of ether oxygens (including phenoxy) is 1. The molecule has 1 N–H and O–H groups in total. The molecule has 2 aromatic carbocycles. The van der Waals surface area contributed by atoms with Gasteiger partial charge in [0, 0.05) is 20.5 Å². The van der Waals surface area contributed by atoms with E-state index in [0.717, 1.165) is 9.37 Å². The van der Waals surface area contributed by atoms with Gasteiger partial charge >= 0.3 is 0 Å². The lowest BCUT2D eigenvalue weighted by molar-refractivity contribution is 0.104. The van der Waals surface area contributed by atoms with E-state index in [2.05, 4.69) is 15.9 Å². The first-order valence-electron chi connectivity index (χ1n) is 6.20. The van der Waals surface area contributed by atoms with Crippen LogP contribution in [0.25, 0.3) is 6.08 Å². The molecule has 0 amide bonds. The van der Waals surface area contributed by atoms with Gasteiger partial charge in [0.15, 0.2) is 11.5 Å². The predicted octanol–water partition coefficient (Wildman–Crippen LogP) is 4.49. The van der Waals surface area contributed by atoms with Crippen molar-refractivity contribution < 1.29 is 14.6 Å². The van der Waals surface area contributed by atoms with Gasteiger partial charge in [-0.05, 0) is 30.3 Å². The zero-order chi connectivity index (χ0) is 15.0. The van der Waals surface area contributed by atoms with Gasteiger partial charge in [0.25, 0.3) is 0 Å². The number of rotatable bonds is 2. The number of Topliss-reactive ketones (excluding diaryl/α,β-unsaturated/α-hetero) is 1. The lowest BCUT2D eigenvalue weighted by Gasteiger charge is -2.07. The summed E-state index contributed by atoms with van der Waals surface area (Å²) < 4.78 is 5.89. The van der Waals surface area contributed by atoms with Crippen molar-refractivity contribution in [1.82, 2.24) is 0 Å². The molecule has 3 nitrogen and oxygen atoms in total. The van der Waals surface area contributed by atoms with E-state index in [1.54, 1.807) is 18.2 Å². The van der Waals surface area contributed by atoms with Crippen LogP contribution in [-0.4, -0.2) is 18.0 Å². The SMILES string of the molecule is COc1cc(Br)cc(/C=C2/Sc3ccccc3C2=O)c1O. The molecule has 0 unspecified atom stereocenters. The number of ketones is 1. The monoisotopic (exact) mass is 362 g/mol. The molecule has 3 rings (SSSR count). The van der Waals surface area contributed by atoms with Crippen molar-refractivity contribution in [2.24, 2.45) is 0 Å². The zero-order valence-corrected chi connectivity index (χ0v) is 13.5. The van der Waals surface area contributed by atoms with E-state index in [-0.39, 0.29) is 11.5 Å². The van der Waals surface area contributed by atoms with Crippen LogP contribution in [0.15, 0.2) is 50.7 Å². The average Bonchev–Trinajstić information content (AvgIpc) is 2.79. The minimum Gasteiger partial charge on any atom is -0.504 e. The molecule has 1 aliphatic heterocycles. The number of halogens is 1. The molecule has 106 valence electrons. The molecule has 0 fully saturated rings. The number of hydrogen-bond acceptors (Lipinski definition) is 4. The summed E-state index contributed by atoms with van der Waals surface area (Å²) in [5.41, 5.74) is 1.25. The van der Waals surface area contributed by atoms with E-state index in [1.807, 2.05) is 24.3 Å². The van der Waals surface area contributed by atoms with Crippen molar-refractivity contribution in [3.8, 4) is 11.5 Å². The Morgan fingerprint density at radius 2 is 2.05 bits per heavy atom. The number of phenols is 1. The van der Waals surface area contributed by atoms with Crippen LogP contribution in [0.2, 0.25) is 0 Å². The Balaban J connectivity index is 2.05. The molecule has 0 aromatic heterocycles. The fraction of sp³-hybridized carbons (Fsp3) is 0.0625. The van der Waals surface area contributed by atoms with Gasteiger partial charge in [-0.25, -0.2) is 0 Å². The Labute approximate surface area is 134 Å². The van der Waals surface area contributed by atoms with Gasteiger partial charge in [-0.3, -0.25) is 4.79 Å². The molecule has 5 heteroatoms. The van der Waals surface area contributed by atoms with Crippen LogP contribution in [0.4, 0.5) is 0 Å². The lowest BCUT2D eigenvalue weighted by Crippen LogP contribution is -1.94.